The second kappa shape index (κ2) is 12.7. The molecule has 0 spiro atoms. The normalized spacial score (nSPS) is 14.8. The number of aryl methyl sites for hydroxylation is 1. The van der Waals surface area contributed by atoms with Crippen molar-refractivity contribution in [1.29, 1.82) is 0 Å². The molecule has 1 aliphatic heterocycles. The van der Waals surface area contributed by atoms with Crippen LogP contribution in [0.2, 0.25) is 5.02 Å². The van der Waals surface area contributed by atoms with Gasteiger partial charge in [-0.3, -0.25) is 9.36 Å². The molecular weight excluding hydrogens is 640 g/mol. The minimum atomic E-state index is -0.684. The van der Waals surface area contributed by atoms with E-state index in [0.717, 1.165) is 21.2 Å². The van der Waals surface area contributed by atoms with Gasteiger partial charge in [0.05, 0.1) is 35.6 Å². The number of hydrogen-bond acceptors (Lipinski definition) is 7. The molecule has 0 radical (unpaired) electrons. The zero-order valence-corrected chi connectivity index (χ0v) is 26.6. The molecule has 0 N–H and O–H groups in total. The third-order valence-corrected chi connectivity index (χ3v) is 8.60. The standard InChI is InChI=1S/C32H28BrClN2O5S/c1-5-40-31(38)27-19(3)35-32-36(28(27)20-12-10-18(2)11-13-20)30(37)26(42-32)15-22-14-23(33)16-25(39-4)29(22)41-17-21-8-6-7-9-24(21)34/h6-16,28H,5,17H2,1-4H3/b26-15-/t28-/m1/s1. The number of rotatable bonds is 8. The molecule has 5 rings (SSSR count). The monoisotopic (exact) mass is 666 g/mol. The van der Waals surface area contributed by atoms with Gasteiger partial charge in [0.15, 0.2) is 16.3 Å². The Hall–Kier alpha value is -3.66. The van der Waals surface area contributed by atoms with Crippen LogP contribution in [-0.4, -0.2) is 24.3 Å². The highest BCUT2D eigenvalue weighted by Gasteiger charge is 2.33. The van der Waals surface area contributed by atoms with Gasteiger partial charge in [-0.2, -0.15) is 0 Å². The predicted octanol–water partition coefficient (Wildman–Crippen LogP) is 6.11. The average molecular weight is 668 g/mol. The lowest BCUT2D eigenvalue weighted by Gasteiger charge is -2.24. The van der Waals surface area contributed by atoms with E-state index in [1.165, 1.54) is 11.3 Å². The number of aromatic nitrogens is 1. The Balaban J connectivity index is 1.67. The van der Waals surface area contributed by atoms with Crippen molar-refractivity contribution >= 4 is 50.9 Å². The number of thiazole rings is 1. The first-order valence-electron chi connectivity index (χ1n) is 13.2. The van der Waals surface area contributed by atoms with Crippen LogP contribution >= 0.6 is 38.9 Å². The molecule has 4 aromatic rings. The van der Waals surface area contributed by atoms with Gasteiger partial charge < -0.3 is 14.2 Å². The molecule has 0 amide bonds. The Morgan fingerprint density at radius 3 is 2.57 bits per heavy atom. The minimum absolute atomic E-state index is 0.204. The summed E-state index contributed by atoms with van der Waals surface area (Å²) in [6.45, 7) is 5.92. The van der Waals surface area contributed by atoms with Crippen molar-refractivity contribution in [3.05, 3.63) is 123 Å². The number of esters is 1. The fourth-order valence-corrected chi connectivity index (χ4v) is 6.45. The number of carbonyl (C=O) groups excluding carboxylic acids is 1. The van der Waals surface area contributed by atoms with E-state index < -0.39 is 12.0 Å². The number of halogens is 2. The predicted molar refractivity (Wildman–Crippen MR) is 168 cm³/mol. The maximum atomic E-state index is 14.1. The number of nitrogens with zero attached hydrogens (tertiary/aromatic N) is 2. The van der Waals surface area contributed by atoms with E-state index in [0.29, 0.717) is 42.7 Å². The van der Waals surface area contributed by atoms with Crippen molar-refractivity contribution < 1.29 is 19.0 Å². The third-order valence-electron chi connectivity index (χ3n) is 6.79. The molecule has 42 heavy (non-hydrogen) atoms. The van der Waals surface area contributed by atoms with Crippen molar-refractivity contribution in [1.82, 2.24) is 4.57 Å². The smallest absolute Gasteiger partial charge is 0.338 e. The molecule has 3 aromatic carbocycles. The molecule has 0 aliphatic carbocycles. The van der Waals surface area contributed by atoms with Crippen molar-refractivity contribution in [3.63, 3.8) is 0 Å². The lowest BCUT2D eigenvalue weighted by atomic mass is 9.95. The van der Waals surface area contributed by atoms with E-state index in [-0.39, 0.29) is 18.8 Å². The number of hydrogen-bond donors (Lipinski definition) is 0. The summed E-state index contributed by atoms with van der Waals surface area (Å²) < 4.78 is 20.0. The Morgan fingerprint density at radius 2 is 1.88 bits per heavy atom. The highest BCUT2D eigenvalue weighted by atomic mass is 79.9. The number of ether oxygens (including phenoxy) is 3. The van der Waals surface area contributed by atoms with Gasteiger partial charge in [0, 0.05) is 20.6 Å². The third kappa shape index (κ3) is 5.95. The van der Waals surface area contributed by atoms with Crippen molar-refractivity contribution in [2.45, 2.75) is 33.4 Å². The lowest BCUT2D eigenvalue weighted by molar-refractivity contribution is -0.139. The van der Waals surface area contributed by atoms with Crippen LogP contribution in [0.4, 0.5) is 0 Å². The van der Waals surface area contributed by atoms with E-state index in [4.69, 9.17) is 25.8 Å². The van der Waals surface area contributed by atoms with Crippen LogP contribution < -0.4 is 24.4 Å². The van der Waals surface area contributed by atoms with Crippen molar-refractivity contribution in [2.75, 3.05) is 13.7 Å². The summed E-state index contributed by atoms with van der Waals surface area (Å²) in [5, 5.41) is 0.590. The average Bonchev–Trinajstić information content (AvgIpc) is 3.26. The van der Waals surface area contributed by atoms with Crippen LogP contribution in [0, 0.1) is 6.92 Å². The summed E-state index contributed by atoms with van der Waals surface area (Å²) in [6, 6.07) is 18.2. The first-order chi connectivity index (χ1) is 20.2. The summed E-state index contributed by atoms with van der Waals surface area (Å²) >= 11 is 11.1. The van der Waals surface area contributed by atoms with Crippen LogP contribution in [0.25, 0.3) is 6.08 Å². The van der Waals surface area contributed by atoms with Gasteiger partial charge in [0.2, 0.25) is 0 Å². The Kier molecular flexibility index (Phi) is 9.01. The molecule has 1 aliphatic rings. The second-order valence-corrected chi connectivity index (χ2v) is 12.0. The molecule has 0 saturated heterocycles. The van der Waals surface area contributed by atoms with Crippen LogP contribution in [-0.2, 0) is 16.1 Å². The van der Waals surface area contributed by atoms with Gasteiger partial charge >= 0.3 is 5.97 Å². The number of fused-ring (bicyclic) bond motifs is 1. The van der Waals surface area contributed by atoms with Crippen LogP contribution in [0.1, 0.15) is 42.1 Å². The van der Waals surface area contributed by atoms with Gasteiger partial charge in [-0.1, -0.05) is 86.9 Å². The molecule has 0 fully saturated rings. The first-order valence-corrected chi connectivity index (χ1v) is 15.2. The molecule has 1 aromatic heterocycles. The summed E-state index contributed by atoms with van der Waals surface area (Å²) in [7, 11) is 1.56. The Bertz CT molecular complexity index is 1880. The summed E-state index contributed by atoms with van der Waals surface area (Å²) in [6.07, 6.45) is 1.76. The largest absolute Gasteiger partial charge is 0.493 e. The fourth-order valence-electron chi connectivity index (χ4n) is 4.76. The molecule has 216 valence electrons. The van der Waals surface area contributed by atoms with Gasteiger partial charge in [-0.05, 0) is 50.6 Å². The Morgan fingerprint density at radius 1 is 1.14 bits per heavy atom. The lowest BCUT2D eigenvalue weighted by Crippen LogP contribution is -2.39. The fraction of sp³-hybridized carbons (Fsp3) is 0.219. The highest BCUT2D eigenvalue weighted by Crippen LogP contribution is 2.36. The van der Waals surface area contributed by atoms with E-state index in [1.54, 1.807) is 43.7 Å². The number of methoxy groups -OCH3 is 1. The molecule has 0 unspecified atom stereocenters. The molecule has 10 heteroatoms. The molecular formula is C32H28BrClN2O5S. The van der Waals surface area contributed by atoms with Gasteiger partial charge in [-0.25, -0.2) is 9.79 Å². The minimum Gasteiger partial charge on any atom is -0.493 e. The maximum absolute atomic E-state index is 14.1. The molecule has 0 bridgehead atoms. The number of benzene rings is 3. The summed E-state index contributed by atoms with van der Waals surface area (Å²) in [5.74, 6) is 0.462. The summed E-state index contributed by atoms with van der Waals surface area (Å²) in [5.41, 5.74) is 3.87. The second-order valence-electron chi connectivity index (χ2n) is 9.62. The zero-order valence-electron chi connectivity index (χ0n) is 23.4. The van der Waals surface area contributed by atoms with E-state index in [2.05, 4.69) is 20.9 Å². The van der Waals surface area contributed by atoms with E-state index >= 15 is 0 Å². The highest BCUT2D eigenvalue weighted by molar-refractivity contribution is 9.10. The van der Waals surface area contributed by atoms with Crippen LogP contribution in [0.15, 0.2) is 86.2 Å². The zero-order chi connectivity index (χ0) is 30.0. The van der Waals surface area contributed by atoms with Crippen LogP contribution in [0.5, 0.6) is 11.5 Å². The summed E-state index contributed by atoms with van der Waals surface area (Å²) in [4.78, 5) is 32.4. The number of allylic oxidation sites excluding steroid dienone is 1. The van der Waals surface area contributed by atoms with Gasteiger partial charge in [-0.15, -0.1) is 0 Å². The van der Waals surface area contributed by atoms with Gasteiger partial charge in [0.25, 0.3) is 5.56 Å². The van der Waals surface area contributed by atoms with E-state index in [1.807, 2.05) is 55.5 Å². The van der Waals surface area contributed by atoms with Crippen molar-refractivity contribution in [3.8, 4) is 11.5 Å². The quantitative estimate of drug-likeness (QED) is 0.212. The maximum Gasteiger partial charge on any atom is 0.338 e. The topological polar surface area (TPSA) is 79.1 Å². The number of carbonyl (C=O) groups is 1. The molecule has 1 atom stereocenters. The molecule has 0 saturated carbocycles. The molecule has 7 nitrogen and oxygen atoms in total. The SMILES string of the molecule is CCOC(=O)C1=C(C)N=c2s/c(=C\c3cc(Br)cc(OC)c3OCc3ccccc3Cl)c(=O)n2[C@@H]1c1ccc(C)cc1. The molecule has 2 heterocycles. The Labute approximate surface area is 260 Å². The van der Waals surface area contributed by atoms with Crippen LogP contribution in [0.3, 0.4) is 0 Å². The van der Waals surface area contributed by atoms with Gasteiger partial charge in [0.1, 0.15) is 6.61 Å². The van der Waals surface area contributed by atoms with Crippen molar-refractivity contribution in [2.24, 2.45) is 4.99 Å². The van der Waals surface area contributed by atoms with E-state index in [9.17, 15) is 9.59 Å². The first kappa shape index (κ1) is 29.8.